The number of aryl methyl sites for hydroxylation is 1. The lowest BCUT2D eigenvalue weighted by atomic mass is 10.1. The van der Waals surface area contributed by atoms with Crippen molar-refractivity contribution in [2.45, 2.75) is 12.8 Å². The molecule has 0 spiro atoms. The Kier molecular flexibility index (Phi) is 6.00. The molecule has 0 aliphatic rings. The van der Waals surface area contributed by atoms with Crippen LogP contribution in [0, 0.1) is 0 Å². The monoisotopic (exact) mass is 459 g/mol. The maximum absolute atomic E-state index is 6.25. The van der Waals surface area contributed by atoms with Crippen molar-refractivity contribution in [1.29, 1.82) is 0 Å². The number of hydrogen-bond donors (Lipinski definition) is 0. The van der Waals surface area contributed by atoms with Gasteiger partial charge in [-0.2, -0.15) is 4.98 Å². The summed E-state index contributed by atoms with van der Waals surface area (Å²) >= 11 is 6.09. The number of rotatable bonds is 8. The van der Waals surface area contributed by atoms with Gasteiger partial charge in [0.2, 0.25) is 0 Å². The fraction of sp³-hybridized carbons (Fsp3) is 0.154. The Hall–Kier alpha value is -3.77. The van der Waals surface area contributed by atoms with Crippen LogP contribution in [-0.4, -0.2) is 28.3 Å². The molecule has 2 aromatic heterocycles. The van der Waals surface area contributed by atoms with Crippen molar-refractivity contribution in [2.75, 3.05) is 13.7 Å². The van der Waals surface area contributed by atoms with Crippen LogP contribution >= 0.6 is 11.6 Å². The first-order chi connectivity index (χ1) is 16.2. The fourth-order valence-electron chi connectivity index (χ4n) is 3.71. The number of para-hydroxylation sites is 4. The number of imidazole rings is 1. The fourth-order valence-corrected chi connectivity index (χ4v) is 3.84. The van der Waals surface area contributed by atoms with Gasteiger partial charge in [0.05, 0.1) is 24.8 Å². The third kappa shape index (κ3) is 4.43. The summed E-state index contributed by atoms with van der Waals surface area (Å²) < 4.78 is 19.4. The van der Waals surface area contributed by atoms with Crippen LogP contribution in [0.4, 0.5) is 0 Å². The smallest absolute Gasteiger partial charge is 0.308 e. The maximum atomic E-state index is 6.25. The number of halogens is 1. The first-order valence-electron chi connectivity index (χ1n) is 10.7. The molecule has 0 unspecified atom stereocenters. The minimum absolute atomic E-state index is 0.481. The van der Waals surface area contributed by atoms with Crippen molar-refractivity contribution < 1.29 is 13.9 Å². The molecule has 5 rings (SSSR count). The van der Waals surface area contributed by atoms with E-state index in [1.807, 2.05) is 77.4 Å². The van der Waals surface area contributed by atoms with Crippen molar-refractivity contribution in [2.24, 2.45) is 0 Å². The molecular formula is C26H22ClN3O3. The van der Waals surface area contributed by atoms with Gasteiger partial charge in [-0.15, -0.1) is 0 Å². The van der Waals surface area contributed by atoms with Crippen molar-refractivity contribution in [3.05, 3.63) is 89.9 Å². The molecule has 0 radical (unpaired) electrons. The van der Waals surface area contributed by atoms with E-state index in [9.17, 15) is 0 Å². The predicted molar refractivity (Wildman–Crippen MR) is 128 cm³/mol. The SMILES string of the molecule is COc1ccccc1OCCCc1oc(-n2cnc3ccccc32)nc1-c1ccc(Cl)cc1. The number of aromatic nitrogens is 3. The molecule has 2 heterocycles. The molecule has 0 aliphatic heterocycles. The summed E-state index contributed by atoms with van der Waals surface area (Å²) in [5, 5.41) is 0.676. The number of ether oxygens (including phenoxy) is 2. The zero-order valence-electron chi connectivity index (χ0n) is 18.1. The van der Waals surface area contributed by atoms with Gasteiger partial charge in [-0.3, -0.25) is 4.57 Å². The van der Waals surface area contributed by atoms with Crippen molar-refractivity contribution >= 4 is 22.6 Å². The highest BCUT2D eigenvalue weighted by atomic mass is 35.5. The largest absolute Gasteiger partial charge is 0.493 e. The second-order valence-electron chi connectivity index (χ2n) is 7.48. The van der Waals surface area contributed by atoms with Gasteiger partial charge in [0.1, 0.15) is 17.8 Å². The van der Waals surface area contributed by atoms with E-state index >= 15 is 0 Å². The lowest BCUT2D eigenvalue weighted by molar-refractivity contribution is 0.286. The molecular weight excluding hydrogens is 438 g/mol. The van der Waals surface area contributed by atoms with Gasteiger partial charge in [-0.1, -0.05) is 48.0 Å². The number of oxazole rings is 1. The molecule has 0 bridgehead atoms. The second kappa shape index (κ2) is 9.38. The minimum atomic E-state index is 0.481. The summed E-state index contributed by atoms with van der Waals surface area (Å²) in [4.78, 5) is 9.28. The molecule has 0 atom stereocenters. The van der Waals surface area contributed by atoms with E-state index in [0.717, 1.165) is 40.2 Å². The Morgan fingerprint density at radius 1 is 0.939 bits per heavy atom. The number of fused-ring (bicyclic) bond motifs is 1. The van der Waals surface area contributed by atoms with Crippen LogP contribution in [0.25, 0.3) is 28.3 Å². The zero-order chi connectivity index (χ0) is 22.6. The van der Waals surface area contributed by atoms with Gasteiger partial charge in [0.15, 0.2) is 11.5 Å². The van der Waals surface area contributed by atoms with Gasteiger partial charge in [0, 0.05) is 17.0 Å². The topological polar surface area (TPSA) is 62.3 Å². The summed E-state index contributed by atoms with van der Waals surface area (Å²) in [6.07, 6.45) is 3.14. The summed E-state index contributed by atoms with van der Waals surface area (Å²) in [6, 6.07) is 23.6. The van der Waals surface area contributed by atoms with Gasteiger partial charge >= 0.3 is 6.01 Å². The highest BCUT2D eigenvalue weighted by Crippen LogP contribution is 2.30. The number of nitrogens with zero attached hydrogens (tertiary/aromatic N) is 3. The molecule has 6 nitrogen and oxygen atoms in total. The van der Waals surface area contributed by atoms with E-state index in [0.29, 0.717) is 29.8 Å². The average molecular weight is 460 g/mol. The molecule has 5 aromatic rings. The summed E-state index contributed by atoms with van der Waals surface area (Å²) in [7, 11) is 1.64. The molecule has 0 N–H and O–H groups in total. The van der Waals surface area contributed by atoms with Gasteiger partial charge in [0.25, 0.3) is 0 Å². The van der Waals surface area contributed by atoms with E-state index in [1.54, 1.807) is 13.4 Å². The van der Waals surface area contributed by atoms with E-state index < -0.39 is 0 Å². The maximum Gasteiger partial charge on any atom is 0.308 e. The van der Waals surface area contributed by atoms with Crippen LogP contribution in [0.1, 0.15) is 12.2 Å². The number of hydrogen-bond acceptors (Lipinski definition) is 5. The Labute approximate surface area is 196 Å². The van der Waals surface area contributed by atoms with E-state index in [1.165, 1.54) is 0 Å². The second-order valence-corrected chi connectivity index (χ2v) is 7.92. The predicted octanol–water partition coefficient (Wildman–Crippen LogP) is 6.35. The van der Waals surface area contributed by atoms with Crippen molar-refractivity contribution in [1.82, 2.24) is 14.5 Å². The molecule has 7 heteroatoms. The summed E-state index contributed by atoms with van der Waals surface area (Å²) in [5.74, 6) is 2.23. The lowest BCUT2D eigenvalue weighted by Crippen LogP contribution is -2.01. The van der Waals surface area contributed by atoms with E-state index in [2.05, 4.69) is 4.98 Å². The summed E-state index contributed by atoms with van der Waals surface area (Å²) in [6.45, 7) is 0.518. The Morgan fingerprint density at radius 2 is 1.70 bits per heavy atom. The third-order valence-electron chi connectivity index (χ3n) is 5.34. The molecule has 0 fully saturated rings. The normalized spacial score (nSPS) is 11.1. The number of methoxy groups -OCH3 is 1. The quantitative estimate of drug-likeness (QED) is 0.253. The summed E-state index contributed by atoms with van der Waals surface area (Å²) in [5.41, 5.74) is 3.55. The van der Waals surface area contributed by atoms with E-state index in [4.69, 9.17) is 30.5 Å². The van der Waals surface area contributed by atoms with Gasteiger partial charge < -0.3 is 13.9 Å². The molecule has 3 aromatic carbocycles. The van der Waals surface area contributed by atoms with Crippen LogP contribution in [0.2, 0.25) is 5.02 Å². The molecule has 33 heavy (non-hydrogen) atoms. The van der Waals surface area contributed by atoms with Crippen molar-refractivity contribution in [3.63, 3.8) is 0 Å². The third-order valence-corrected chi connectivity index (χ3v) is 5.59. The molecule has 0 saturated carbocycles. The first-order valence-corrected chi connectivity index (χ1v) is 11.0. The lowest BCUT2D eigenvalue weighted by Gasteiger charge is -2.09. The molecule has 0 amide bonds. The van der Waals surface area contributed by atoms with Crippen LogP contribution in [0.15, 0.2) is 83.5 Å². The molecule has 0 aliphatic carbocycles. The first kappa shape index (κ1) is 21.1. The van der Waals surface area contributed by atoms with Gasteiger partial charge in [-0.05, 0) is 42.8 Å². The van der Waals surface area contributed by atoms with E-state index in [-0.39, 0.29) is 0 Å². The minimum Gasteiger partial charge on any atom is -0.493 e. The molecule has 166 valence electrons. The van der Waals surface area contributed by atoms with Crippen LogP contribution in [-0.2, 0) is 6.42 Å². The Morgan fingerprint density at radius 3 is 2.52 bits per heavy atom. The van der Waals surface area contributed by atoms with Crippen LogP contribution in [0.3, 0.4) is 0 Å². The highest BCUT2D eigenvalue weighted by molar-refractivity contribution is 6.30. The molecule has 0 saturated heterocycles. The van der Waals surface area contributed by atoms with Crippen LogP contribution in [0.5, 0.6) is 11.5 Å². The number of benzene rings is 3. The zero-order valence-corrected chi connectivity index (χ0v) is 18.8. The highest BCUT2D eigenvalue weighted by Gasteiger charge is 2.18. The van der Waals surface area contributed by atoms with Crippen LogP contribution < -0.4 is 9.47 Å². The average Bonchev–Trinajstić information content (AvgIpc) is 3.47. The Bertz CT molecular complexity index is 1380. The van der Waals surface area contributed by atoms with Crippen molar-refractivity contribution in [3.8, 4) is 28.8 Å². The Balaban J connectivity index is 1.41. The standard InChI is InChI=1S/C26H22ClN3O3/c1-31-22-9-4-5-10-23(22)32-16-6-11-24-25(18-12-14-19(27)15-13-18)29-26(33-24)30-17-28-20-7-2-3-8-21(20)30/h2-5,7-10,12-15,17H,6,11,16H2,1H3. The van der Waals surface area contributed by atoms with Gasteiger partial charge in [-0.25, -0.2) is 4.98 Å².